The molecule has 16 heavy (non-hydrogen) atoms. The molecular weight excluding hydrogens is 206 g/mol. The van der Waals surface area contributed by atoms with Crippen molar-refractivity contribution < 1.29 is 14.6 Å². The van der Waals surface area contributed by atoms with Crippen LogP contribution in [0.5, 0.6) is 0 Å². The summed E-state index contributed by atoms with van der Waals surface area (Å²) in [5.74, 6) is 0.0269. The summed E-state index contributed by atoms with van der Waals surface area (Å²) < 4.78 is 5.36. The first-order valence-electron chi connectivity index (χ1n) is 6.09. The van der Waals surface area contributed by atoms with Crippen LogP contribution in [-0.2, 0) is 9.53 Å². The van der Waals surface area contributed by atoms with Crippen molar-refractivity contribution in [2.24, 2.45) is 11.3 Å². The van der Waals surface area contributed by atoms with Gasteiger partial charge in [0.25, 0.3) is 0 Å². The minimum atomic E-state index is -0.696. The Bertz CT molecular complexity index is 269. The van der Waals surface area contributed by atoms with Gasteiger partial charge >= 0.3 is 5.97 Å². The van der Waals surface area contributed by atoms with Gasteiger partial charge in [-0.3, -0.25) is 4.79 Å². The zero-order valence-electron chi connectivity index (χ0n) is 9.95. The molecule has 0 aromatic carbocycles. The van der Waals surface area contributed by atoms with E-state index in [2.05, 4.69) is 4.90 Å². The molecule has 1 saturated heterocycles. The van der Waals surface area contributed by atoms with Gasteiger partial charge in [-0.1, -0.05) is 6.42 Å². The molecule has 2 fully saturated rings. The number of carbonyl (C=O) groups is 1. The molecule has 1 aliphatic carbocycles. The van der Waals surface area contributed by atoms with Crippen molar-refractivity contribution in [1.82, 2.24) is 4.90 Å². The number of ether oxygens (including phenoxy) is 1. The third-order valence-electron chi connectivity index (χ3n) is 4.18. The molecule has 1 aliphatic heterocycles. The summed E-state index contributed by atoms with van der Waals surface area (Å²) in [5, 5.41) is 8.69. The first-order valence-corrected chi connectivity index (χ1v) is 6.09. The third kappa shape index (κ3) is 2.23. The van der Waals surface area contributed by atoms with E-state index in [0.717, 1.165) is 25.6 Å². The Morgan fingerprint density at radius 1 is 1.62 bits per heavy atom. The number of fused-ring (bicyclic) bond motifs is 1. The molecule has 0 unspecified atom stereocenters. The monoisotopic (exact) mass is 227 g/mol. The Morgan fingerprint density at radius 3 is 3.12 bits per heavy atom. The lowest BCUT2D eigenvalue weighted by Gasteiger charge is -2.27. The molecule has 0 bridgehead atoms. The van der Waals surface area contributed by atoms with Crippen LogP contribution in [0, 0.1) is 11.3 Å². The maximum absolute atomic E-state index is 10.6. The van der Waals surface area contributed by atoms with Gasteiger partial charge in [-0.25, -0.2) is 0 Å². The fourth-order valence-corrected chi connectivity index (χ4v) is 3.47. The summed E-state index contributed by atoms with van der Waals surface area (Å²) in [6, 6.07) is 0. The molecule has 0 aromatic rings. The first-order chi connectivity index (χ1) is 7.66. The van der Waals surface area contributed by atoms with E-state index in [9.17, 15) is 4.79 Å². The number of methoxy groups -OCH3 is 1. The lowest BCUT2D eigenvalue weighted by atomic mass is 9.82. The van der Waals surface area contributed by atoms with Gasteiger partial charge in [0.05, 0.1) is 13.0 Å². The van der Waals surface area contributed by atoms with Crippen molar-refractivity contribution in [2.75, 3.05) is 33.4 Å². The number of aliphatic carboxylic acids is 1. The van der Waals surface area contributed by atoms with Crippen LogP contribution < -0.4 is 0 Å². The van der Waals surface area contributed by atoms with E-state index >= 15 is 0 Å². The molecule has 4 heteroatoms. The first kappa shape index (κ1) is 11.9. The van der Waals surface area contributed by atoms with E-state index in [0.29, 0.717) is 12.0 Å². The quantitative estimate of drug-likeness (QED) is 0.767. The second kappa shape index (κ2) is 4.72. The molecule has 0 aromatic heterocycles. The van der Waals surface area contributed by atoms with E-state index in [-0.39, 0.29) is 6.42 Å². The Balaban J connectivity index is 1.91. The minimum Gasteiger partial charge on any atom is -0.481 e. The second-order valence-electron chi connectivity index (χ2n) is 5.26. The van der Waals surface area contributed by atoms with Gasteiger partial charge in [0.1, 0.15) is 0 Å². The standard InChI is InChI=1S/C12H21NO3/c1-16-9-12-5-2-3-10(12)7-13(8-12)6-4-11(14)15/h10H,2-9H2,1H3,(H,14,15)/t10-,12+/m1/s1. The Kier molecular flexibility index (Phi) is 3.50. The Labute approximate surface area is 96.6 Å². The van der Waals surface area contributed by atoms with Gasteiger partial charge in [0.15, 0.2) is 0 Å². The van der Waals surface area contributed by atoms with Crippen molar-refractivity contribution in [3.63, 3.8) is 0 Å². The van der Waals surface area contributed by atoms with Gasteiger partial charge in [-0.2, -0.15) is 0 Å². The minimum absolute atomic E-state index is 0.260. The van der Waals surface area contributed by atoms with Gasteiger partial charge < -0.3 is 14.7 Å². The Morgan fingerprint density at radius 2 is 2.44 bits per heavy atom. The van der Waals surface area contributed by atoms with Crippen LogP contribution in [0.4, 0.5) is 0 Å². The summed E-state index contributed by atoms with van der Waals surface area (Å²) in [6.45, 7) is 3.62. The third-order valence-corrected chi connectivity index (χ3v) is 4.18. The van der Waals surface area contributed by atoms with Crippen LogP contribution in [0.15, 0.2) is 0 Å². The maximum atomic E-state index is 10.6. The van der Waals surface area contributed by atoms with E-state index in [1.165, 1.54) is 19.3 Å². The number of carboxylic acid groups (broad SMARTS) is 1. The second-order valence-corrected chi connectivity index (χ2v) is 5.26. The van der Waals surface area contributed by atoms with Crippen molar-refractivity contribution in [1.29, 1.82) is 0 Å². The molecule has 1 heterocycles. The highest BCUT2D eigenvalue weighted by molar-refractivity contribution is 5.66. The van der Waals surface area contributed by atoms with Crippen LogP contribution in [0.3, 0.4) is 0 Å². The average Bonchev–Trinajstić information content (AvgIpc) is 2.71. The number of hydrogen-bond acceptors (Lipinski definition) is 3. The van der Waals surface area contributed by atoms with Crippen molar-refractivity contribution in [3.8, 4) is 0 Å². The number of carboxylic acids is 1. The van der Waals surface area contributed by atoms with Crippen molar-refractivity contribution in [2.45, 2.75) is 25.7 Å². The van der Waals surface area contributed by atoms with E-state index in [1.54, 1.807) is 7.11 Å². The van der Waals surface area contributed by atoms with Crippen LogP contribution in [0.2, 0.25) is 0 Å². The molecule has 2 atom stereocenters. The summed E-state index contributed by atoms with van der Waals surface area (Å²) in [5.41, 5.74) is 0.327. The zero-order valence-corrected chi connectivity index (χ0v) is 9.95. The molecule has 4 nitrogen and oxygen atoms in total. The fourth-order valence-electron chi connectivity index (χ4n) is 3.47. The van der Waals surface area contributed by atoms with Gasteiger partial charge in [-0.15, -0.1) is 0 Å². The molecule has 1 N–H and O–H groups in total. The normalized spacial score (nSPS) is 34.2. The summed E-state index contributed by atoms with van der Waals surface area (Å²) in [4.78, 5) is 12.9. The number of hydrogen-bond donors (Lipinski definition) is 1. The molecule has 0 spiro atoms. The number of rotatable bonds is 5. The molecule has 2 rings (SSSR count). The smallest absolute Gasteiger partial charge is 0.304 e. The topological polar surface area (TPSA) is 49.8 Å². The lowest BCUT2D eigenvalue weighted by molar-refractivity contribution is -0.137. The lowest BCUT2D eigenvalue weighted by Crippen LogP contribution is -2.32. The highest BCUT2D eigenvalue weighted by Crippen LogP contribution is 2.48. The van der Waals surface area contributed by atoms with Crippen LogP contribution in [0.25, 0.3) is 0 Å². The predicted octanol–water partition coefficient (Wildman–Crippen LogP) is 1.21. The van der Waals surface area contributed by atoms with Crippen molar-refractivity contribution >= 4 is 5.97 Å². The SMILES string of the molecule is COC[C@@]12CCC[C@@H]1CN(CCC(=O)O)C2. The zero-order chi connectivity index (χ0) is 11.6. The molecule has 1 saturated carbocycles. The highest BCUT2D eigenvalue weighted by Gasteiger charge is 2.49. The average molecular weight is 227 g/mol. The Hall–Kier alpha value is -0.610. The number of nitrogens with zero attached hydrogens (tertiary/aromatic N) is 1. The summed E-state index contributed by atoms with van der Waals surface area (Å²) in [6.07, 6.45) is 4.10. The highest BCUT2D eigenvalue weighted by atomic mass is 16.5. The molecule has 0 amide bonds. The van der Waals surface area contributed by atoms with Gasteiger partial charge in [0.2, 0.25) is 0 Å². The van der Waals surface area contributed by atoms with E-state index < -0.39 is 5.97 Å². The molecule has 2 aliphatic rings. The van der Waals surface area contributed by atoms with Crippen molar-refractivity contribution in [3.05, 3.63) is 0 Å². The largest absolute Gasteiger partial charge is 0.481 e. The van der Waals surface area contributed by atoms with Crippen LogP contribution in [-0.4, -0.2) is 49.3 Å². The predicted molar refractivity (Wildman–Crippen MR) is 60.3 cm³/mol. The van der Waals surface area contributed by atoms with Crippen LogP contribution in [0.1, 0.15) is 25.7 Å². The van der Waals surface area contributed by atoms with Crippen LogP contribution >= 0.6 is 0 Å². The summed E-state index contributed by atoms with van der Waals surface area (Å²) >= 11 is 0. The fraction of sp³-hybridized carbons (Fsp3) is 0.917. The molecule has 0 radical (unpaired) electrons. The summed E-state index contributed by atoms with van der Waals surface area (Å²) in [7, 11) is 1.77. The molecule has 92 valence electrons. The molecular formula is C12H21NO3. The van der Waals surface area contributed by atoms with Gasteiger partial charge in [0, 0.05) is 32.2 Å². The van der Waals surface area contributed by atoms with E-state index in [4.69, 9.17) is 9.84 Å². The van der Waals surface area contributed by atoms with E-state index in [1.807, 2.05) is 0 Å². The maximum Gasteiger partial charge on any atom is 0.304 e. The van der Waals surface area contributed by atoms with Gasteiger partial charge in [-0.05, 0) is 18.8 Å². The number of likely N-dealkylation sites (tertiary alicyclic amines) is 1.